The van der Waals surface area contributed by atoms with Crippen molar-refractivity contribution in [2.24, 2.45) is 0 Å². The van der Waals surface area contributed by atoms with Crippen molar-refractivity contribution in [1.29, 1.82) is 0 Å². The number of thiazole rings is 1. The van der Waals surface area contributed by atoms with Crippen molar-refractivity contribution in [3.05, 3.63) is 47.5 Å². The number of amides is 1. The number of benzene rings is 2. The Labute approximate surface area is 202 Å². The maximum absolute atomic E-state index is 13.3. The quantitative estimate of drug-likeness (QED) is 0.242. The molecule has 1 saturated heterocycles. The molecule has 3 aromatic rings. The molecule has 0 bridgehead atoms. The molecule has 1 aliphatic heterocycles. The molecule has 1 amide bonds. The molecule has 1 atom stereocenters. The van der Waals surface area contributed by atoms with Gasteiger partial charge in [0.15, 0.2) is 5.13 Å². The first-order valence-corrected chi connectivity index (χ1v) is 13.1. The summed E-state index contributed by atoms with van der Waals surface area (Å²) in [7, 11) is 0. The average Bonchev–Trinajstić information content (AvgIpc) is 3.46. The standard InChI is InChI=1S/C24H27ClN2O3S2/c1-2-29-20-7-3-8-21-23(20)26-24(32-21)27(16-18-6-4-14-30-18)22(28)9-5-15-31-19-12-10-17(25)11-13-19/h3,7-8,10-13,18H,2,4-6,9,14-16H2,1H3. The monoisotopic (exact) mass is 490 g/mol. The zero-order chi connectivity index (χ0) is 22.3. The molecule has 0 spiro atoms. The van der Waals surface area contributed by atoms with E-state index in [4.69, 9.17) is 26.1 Å². The van der Waals surface area contributed by atoms with E-state index in [1.54, 1.807) is 11.8 Å². The first kappa shape index (κ1) is 23.4. The lowest BCUT2D eigenvalue weighted by atomic mass is 10.2. The fourth-order valence-corrected chi connectivity index (χ4v) is 5.65. The minimum absolute atomic E-state index is 0.0702. The van der Waals surface area contributed by atoms with Crippen molar-refractivity contribution in [2.45, 2.75) is 43.6 Å². The van der Waals surface area contributed by atoms with Crippen molar-refractivity contribution < 1.29 is 14.3 Å². The van der Waals surface area contributed by atoms with E-state index in [0.717, 1.165) is 62.6 Å². The van der Waals surface area contributed by atoms with E-state index < -0.39 is 0 Å². The third-order valence-corrected chi connectivity index (χ3v) is 7.62. The number of fused-ring (bicyclic) bond motifs is 1. The SMILES string of the molecule is CCOc1cccc2sc(N(CC3CCCO3)C(=O)CCCSc3ccc(Cl)cc3)nc12. The van der Waals surface area contributed by atoms with Gasteiger partial charge in [0.25, 0.3) is 0 Å². The molecule has 32 heavy (non-hydrogen) atoms. The summed E-state index contributed by atoms with van der Waals surface area (Å²) < 4.78 is 12.6. The predicted octanol–water partition coefficient (Wildman–Crippen LogP) is 6.43. The summed E-state index contributed by atoms with van der Waals surface area (Å²) in [6, 6.07) is 13.7. The normalized spacial score (nSPS) is 15.9. The molecule has 4 rings (SSSR count). The average molecular weight is 491 g/mol. The van der Waals surface area contributed by atoms with E-state index >= 15 is 0 Å². The minimum atomic E-state index is 0.0702. The van der Waals surface area contributed by atoms with E-state index in [1.165, 1.54) is 11.3 Å². The number of aromatic nitrogens is 1. The molecule has 8 heteroatoms. The zero-order valence-electron chi connectivity index (χ0n) is 18.1. The number of halogens is 1. The van der Waals surface area contributed by atoms with Gasteiger partial charge in [-0.1, -0.05) is 29.0 Å². The maximum atomic E-state index is 13.3. The maximum Gasteiger partial charge on any atom is 0.228 e. The van der Waals surface area contributed by atoms with Gasteiger partial charge in [0, 0.05) is 22.9 Å². The Morgan fingerprint density at radius 1 is 1.31 bits per heavy atom. The highest BCUT2D eigenvalue weighted by molar-refractivity contribution is 7.99. The van der Waals surface area contributed by atoms with Crippen LogP contribution in [0, 0.1) is 0 Å². The third kappa shape index (κ3) is 5.95. The fourth-order valence-electron chi connectivity index (χ4n) is 3.66. The number of anilines is 1. The van der Waals surface area contributed by atoms with E-state index in [-0.39, 0.29) is 12.0 Å². The lowest BCUT2D eigenvalue weighted by Gasteiger charge is -2.23. The van der Waals surface area contributed by atoms with Crippen LogP contribution in [0.4, 0.5) is 5.13 Å². The molecule has 1 aromatic heterocycles. The van der Waals surface area contributed by atoms with E-state index in [2.05, 4.69) is 0 Å². The summed E-state index contributed by atoms with van der Waals surface area (Å²) in [5, 5.41) is 1.45. The molecule has 5 nitrogen and oxygen atoms in total. The van der Waals surface area contributed by atoms with Gasteiger partial charge in [-0.05, 0) is 68.3 Å². The van der Waals surface area contributed by atoms with Crippen molar-refractivity contribution in [2.75, 3.05) is 30.4 Å². The van der Waals surface area contributed by atoms with Crippen LogP contribution >= 0.6 is 34.7 Å². The van der Waals surface area contributed by atoms with Gasteiger partial charge in [0.05, 0.1) is 24.0 Å². The van der Waals surface area contributed by atoms with Crippen LogP contribution in [0.1, 0.15) is 32.6 Å². The highest BCUT2D eigenvalue weighted by Gasteiger charge is 2.26. The van der Waals surface area contributed by atoms with E-state index in [0.29, 0.717) is 19.6 Å². The van der Waals surface area contributed by atoms with Crippen LogP contribution in [0.15, 0.2) is 47.4 Å². The molecule has 0 saturated carbocycles. The number of carbonyl (C=O) groups excluding carboxylic acids is 1. The summed E-state index contributed by atoms with van der Waals surface area (Å²) in [5.74, 6) is 1.72. The van der Waals surface area contributed by atoms with Crippen LogP contribution < -0.4 is 9.64 Å². The Balaban J connectivity index is 1.45. The first-order valence-electron chi connectivity index (χ1n) is 11.0. The third-order valence-electron chi connectivity index (χ3n) is 5.23. The smallest absolute Gasteiger partial charge is 0.228 e. The molecule has 0 radical (unpaired) electrons. The molecular formula is C24H27ClN2O3S2. The number of para-hydroxylation sites is 1. The lowest BCUT2D eigenvalue weighted by molar-refractivity contribution is -0.119. The minimum Gasteiger partial charge on any atom is -0.492 e. The Bertz CT molecular complexity index is 1040. The predicted molar refractivity (Wildman–Crippen MR) is 134 cm³/mol. The highest BCUT2D eigenvalue weighted by atomic mass is 35.5. The second-order valence-corrected chi connectivity index (χ2v) is 10.2. The molecule has 170 valence electrons. The number of thioether (sulfide) groups is 1. The van der Waals surface area contributed by atoms with Crippen LogP contribution in [0.3, 0.4) is 0 Å². The summed E-state index contributed by atoms with van der Waals surface area (Å²) in [5.41, 5.74) is 0.817. The number of carbonyl (C=O) groups is 1. The van der Waals surface area contributed by atoms with E-state index in [9.17, 15) is 4.79 Å². The molecule has 0 aliphatic carbocycles. The van der Waals surface area contributed by atoms with Gasteiger partial charge in [-0.15, -0.1) is 11.8 Å². The largest absolute Gasteiger partial charge is 0.492 e. The molecule has 2 heterocycles. The number of ether oxygens (including phenoxy) is 2. The number of hydrogen-bond acceptors (Lipinski definition) is 6. The van der Waals surface area contributed by atoms with Crippen LogP contribution in [-0.2, 0) is 9.53 Å². The van der Waals surface area contributed by atoms with Gasteiger partial charge in [-0.3, -0.25) is 9.69 Å². The molecule has 1 fully saturated rings. The van der Waals surface area contributed by atoms with Gasteiger partial charge in [0.1, 0.15) is 11.3 Å². The summed E-state index contributed by atoms with van der Waals surface area (Å²) in [6.07, 6.45) is 3.36. The highest BCUT2D eigenvalue weighted by Crippen LogP contribution is 2.35. The lowest BCUT2D eigenvalue weighted by Crippen LogP contribution is -2.37. The van der Waals surface area contributed by atoms with E-state index in [1.807, 2.05) is 54.3 Å². The molecular weight excluding hydrogens is 464 g/mol. The molecule has 0 N–H and O–H groups in total. The van der Waals surface area contributed by atoms with Gasteiger partial charge >= 0.3 is 0 Å². The fraction of sp³-hybridized carbons (Fsp3) is 0.417. The van der Waals surface area contributed by atoms with Gasteiger partial charge < -0.3 is 9.47 Å². The number of rotatable bonds is 10. The van der Waals surface area contributed by atoms with Gasteiger partial charge in [0.2, 0.25) is 5.91 Å². The first-order chi connectivity index (χ1) is 15.6. The second kappa shape index (κ2) is 11.4. The van der Waals surface area contributed by atoms with Crippen molar-refractivity contribution in [3.63, 3.8) is 0 Å². The molecule has 1 aliphatic rings. The Morgan fingerprint density at radius 3 is 2.91 bits per heavy atom. The molecule has 1 unspecified atom stereocenters. The Morgan fingerprint density at radius 2 is 2.16 bits per heavy atom. The van der Waals surface area contributed by atoms with Crippen LogP contribution in [0.2, 0.25) is 5.02 Å². The van der Waals surface area contributed by atoms with Crippen molar-refractivity contribution >= 4 is 56.0 Å². The van der Waals surface area contributed by atoms with Crippen LogP contribution in [-0.4, -0.2) is 42.5 Å². The molecule has 2 aromatic carbocycles. The summed E-state index contributed by atoms with van der Waals surface area (Å²) in [4.78, 5) is 21.0. The summed E-state index contributed by atoms with van der Waals surface area (Å²) in [6.45, 7) is 3.85. The van der Waals surface area contributed by atoms with Gasteiger partial charge in [-0.2, -0.15) is 0 Å². The number of nitrogens with zero attached hydrogens (tertiary/aromatic N) is 2. The van der Waals surface area contributed by atoms with Crippen LogP contribution in [0.25, 0.3) is 10.2 Å². The number of hydrogen-bond donors (Lipinski definition) is 0. The topological polar surface area (TPSA) is 51.7 Å². The summed E-state index contributed by atoms with van der Waals surface area (Å²) >= 11 is 9.23. The van der Waals surface area contributed by atoms with Crippen molar-refractivity contribution in [1.82, 2.24) is 4.98 Å². The zero-order valence-corrected chi connectivity index (χ0v) is 20.5. The van der Waals surface area contributed by atoms with Crippen LogP contribution in [0.5, 0.6) is 5.75 Å². The second-order valence-electron chi connectivity index (χ2n) is 7.58. The van der Waals surface area contributed by atoms with Crippen molar-refractivity contribution in [3.8, 4) is 5.75 Å². The Kier molecular flexibility index (Phi) is 8.30. The Hall–Kier alpha value is -1.80. The van der Waals surface area contributed by atoms with Gasteiger partial charge in [-0.25, -0.2) is 4.98 Å².